The molecule has 7 nitrogen and oxygen atoms in total. The van der Waals surface area contributed by atoms with Crippen molar-refractivity contribution in [2.45, 2.75) is 156 Å². The number of benzene rings is 7. The molecule has 0 spiro atoms. The van der Waals surface area contributed by atoms with Crippen molar-refractivity contribution in [2.75, 3.05) is 0 Å². The summed E-state index contributed by atoms with van der Waals surface area (Å²) in [7, 11) is 0. The zero-order chi connectivity index (χ0) is 66.2. The molecule has 0 atom stereocenters. The first-order chi connectivity index (χ1) is 47.4. The van der Waals surface area contributed by atoms with Crippen LogP contribution in [0.4, 0.5) is 0 Å². The molecule has 12 aromatic rings. The Balaban J connectivity index is 0.000000364. The molecule has 0 N–H and O–H groups in total. The number of hydrogen-bond donors (Lipinski definition) is 0. The van der Waals surface area contributed by atoms with Crippen LogP contribution in [0.25, 0.3) is 102 Å². The van der Waals surface area contributed by atoms with E-state index < -0.39 is 0 Å². The van der Waals surface area contributed by atoms with Gasteiger partial charge in [-0.3, -0.25) is 0 Å². The Hall–Kier alpha value is -9.20. The van der Waals surface area contributed by atoms with Crippen LogP contribution in [0.2, 0.25) is 0 Å². The van der Waals surface area contributed by atoms with Gasteiger partial charge in [0.15, 0.2) is 5.82 Å². The standard InChI is InChI=1S/C67H76N5.2C11H8N.Ir/c1-5-9-13-17-21-50-25-33-55(34-26-50)62-47-63(56-35-27-51(28-36-56)22-18-14-10-6-2)70-66(69-62)59-43-41-54(42-44-59)61-46-45-60(49-68-61)67-71-64(57-37-29-52(30-38-57)23-19-15-11-7-3)48-65(72-67)58-39-31-53(32-40-58)24-20-16-12-8-4;2*1-2-6-10(7-3-1)11-8-4-5-9-12-11;/h25-41,43-49H,5-24H2,1-4H3;2*1-6,8-9H;/q3*-1;+3. The van der Waals surface area contributed by atoms with E-state index in [1.165, 1.54) is 125 Å². The van der Waals surface area contributed by atoms with Crippen molar-refractivity contribution < 1.29 is 20.1 Å². The molecule has 0 unspecified atom stereocenters. The van der Waals surface area contributed by atoms with E-state index in [1.807, 2.05) is 103 Å². The van der Waals surface area contributed by atoms with E-state index in [1.54, 1.807) is 12.4 Å². The number of unbranched alkanes of at least 4 members (excludes halogenated alkanes) is 12. The van der Waals surface area contributed by atoms with Crippen LogP contribution in [-0.4, -0.2) is 34.9 Å². The second kappa shape index (κ2) is 39.7. The van der Waals surface area contributed by atoms with E-state index in [2.05, 4.69) is 183 Å². The van der Waals surface area contributed by atoms with Crippen LogP contribution in [0.5, 0.6) is 0 Å². The average Bonchev–Trinajstić information content (AvgIpc) is 0.970. The van der Waals surface area contributed by atoms with Crippen LogP contribution >= 0.6 is 0 Å². The molecule has 492 valence electrons. The van der Waals surface area contributed by atoms with Gasteiger partial charge >= 0.3 is 20.1 Å². The normalized spacial score (nSPS) is 10.8. The van der Waals surface area contributed by atoms with Gasteiger partial charge in [-0.15, -0.1) is 102 Å². The quantitative estimate of drug-likeness (QED) is 0.0341. The van der Waals surface area contributed by atoms with E-state index in [-0.39, 0.29) is 20.1 Å². The summed E-state index contributed by atoms with van der Waals surface area (Å²) in [4.78, 5) is 34.1. The van der Waals surface area contributed by atoms with Crippen LogP contribution in [0.1, 0.15) is 153 Å². The fraction of sp³-hybridized carbons (Fsp3) is 0.270. The fourth-order valence-electron chi connectivity index (χ4n) is 11.7. The number of nitrogens with zero attached hydrogens (tertiary/aromatic N) is 7. The Morgan fingerprint density at radius 2 is 0.598 bits per heavy atom. The minimum Gasteiger partial charge on any atom is -0.305 e. The summed E-state index contributed by atoms with van der Waals surface area (Å²) in [6.07, 6.45) is 30.1. The molecule has 0 bridgehead atoms. The van der Waals surface area contributed by atoms with Crippen LogP contribution in [0.15, 0.2) is 243 Å². The number of hydrogen-bond acceptors (Lipinski definition) is 7. The van der Waals surface area contributed by atoms with Crippen molar-refractivity contribution in [3.05, 3.63) is 283 Å². The second-order valence-corrected chi connectivity index (χ2v) is 24.9. The smallest absolute Gasteiger partial charge is 0.305 e. The van der Waals surface area contributed by atoms with Crippen LogP contribution < -0.4 is 0 Å². The SMILES string of the molecule is CCCCCCc1ccc(-c2cc(-c3ccc(CCCCCC)cc3)nc(-c3c[c-]c(-c4ccc(-c5nc(-c6ccc(CCCCCC)cc6)cc(-c6ccc(CCCCCC)cc6)n5)cn4)cc3)n2)cc1.[Ir+3].[c-]1ccccc1-c1ccccn1.[c-]1ccccc1-c1ccccn1. The van der Waals surface area contributed by atoms with Crippen molar-refractivity contribution in [1.82, 2.24) is 34.9 Å². The predicted molar refractivity (Wildman–Crippen MR) is 401 cm³/mol. The molecule has 0 amide bonds. The fourth-order valence-corrected chi connectivity index (χ4v) is 11.7. The van der Waals surface area contributed by atoms with E-state index in [0.717, 1.165) is 116 Å². The van der Waals surface area contributed by atoms with Gasteiger partial charge in [-0.25, -0.2) is 19.9 Å². The summed E-state index contributed by atoms with van der Waals surface area (Å²) in [5.41, 5.74) is 21.0. The van der Waals surface area contributed by atoms with Crippen molar-refractivity contribution >= 4 is 0 Å². The van der Waals surface area contributed by atoms with Crippen molar-refractivity contribution in [2.24, 2.45) is 0 Å². The van der Waals surface area contributed by atoms with Gasteiger partial charge in [0.2, 0.25) is 0 Å². The van der Waals surface area contributed by atoms with Gasteiger partial charge in [0.05, 0.1) is 22.8 Å². The Morgan fingerprint density at radius 1 is 0.268 bits per heavy atom. The summed E-state index contributed by atoms with van der Waals surface area (Å²) in [6.45, 7) is 9.06. The minimum atomic E-state index is 0. The van der Waals surface area contributed by atoms with Gasteiger partial charge in [-0.1, -0.05) is 244 Å². The van der Waals surface area contributed by atoms with Crippen molar-refractivity contribution in [1.29, 1.82) is 0 Å². The molecule has 5 aromatic heterocycles. The average molecular weight is 1450 g/mol. The van der Waals surface area contributed by atoms with Gasteiger partial charge in [-0.2, -0.15) is 0 Å². The molecule has 7 aromatic carbocycles. The molecule has 0 radical (unpaired) electrons. The maximum atomic E-state index is 5.18. The topological polar surface area (TPSA) is 90.2 Å². The molecular formula is C89H92IrN7. The third-order valence-corrected chi connectivity index (χ3v) is 17.4. The van der Waals surface area contributed by atoms with Crippen LogP contribution in [0.3, 0.4) is 0 Å². The van der Waals surface area contributed by atoms with Gasteiger partial charge < -0.3 is 15.0 Å². The van der Waals surface area contributed by atoms with E-state index >= 15 is 0 Å². The molecule has 8 heteroatoms. The Kier molecular flexibility index (Phi) is 29.5. The molecule has 0 aliphatic rings. The molecule has 0 aliphatic carbocycles. The Bertz CT molecular complexity index is 3650. The second-order valence-electron chi connectivity index (χ2n) is 24.9. The summed E-state index contributed by atoms with van der Waals surface area (Å²) < 4.78 is 0. The molecular weight excluding hydrogens is 1360 g/mol. The summed E-state index contributed by atoms with van der Waals surface area (Å²) >= 11 is 0. The Labute approximate surface area is 592 Å². The zero-order valence-corrected chi connectivity index (χ0v) is 59.6. The molecule has 12 rings (SSSR count). The predicted octanol–water partition coefficient (Wildman–Crippen LogP) is 23.7. The maximum absolute atomic E-state index is 5.18. The maximum Gasteiger partial charge on any atom is 3.00 e. The molecule has 0 saturated heterocycles. The molecule has 5 heterocycles. The number of aromatic nitrogens is 7. The number of pyridine rings is 3. The Morgan fingerprint density at radius 3 is 0.897 bits per heavy atom. The van der Waals surface area contributed by atoms with E-state index in [0.29, 0.717) is 11.6 Å². The first-order valence-corrected chi connectivity index (χ1v) is 35.3. The van der Waals surface area contributed by atoms with Crippen LogP contribution in [0, 0.1) is 18.2 Å². The molecule has 0 fully saturated rings. The minimum absolute atomic E-state index is 0. The third kappa shape index (κ3) is 22.4. The largest absolute Gasteiger partial charge is 3.00 e. The van der Waals surface area contributed by atoms with Gasteiger partial charge in [-0.05, 0) is 115 Å². The van der Waals surface area contributed by atoms with Gasteiger partial charge in [0.25, 0.3) is 0 Å². The molecule has 97 heavy (non-hydrogen) atoms. The monoisotopic (exact) mass is 1450 g/mol. The van der Waals surface area contributed by atoms with Crippen molar-refractivity contribution in [3.63, 3.8) is 0 Å². The first kappa shape index (κ1) is 72.1. The van der Waals surface area contributed by atoms with Gasteiger partial charge in [0, 0.05) is 46.4 Å². The summed E-state index contributed by atoms with van der Waals surface area (Å²) in [5.74, 6) is 1.33. The van der Waals surface area contributed by atoms with Crippen LogP contribution in [-0.2, 0) is 45.8 Å². The zero-order valence-electron chi connectivity index (χ0n) is 57.2. The summed E-state index contributed by atoms with van der Waals surface area (Å²) in [6, 6.07) is 87.6. The molecule has 0 saturated carbocycles. The number of aryl methyl sites for hydroxylation is 4. The van der Waals surface area contributed by atoms with E-state index in [9.17, 15) is 0 Å². The number of rotatable bonds is 29. The van der Waals surface area contributed by atoms with Crippen molar-refractivity contribution in [3.8, 4) is 102 Å². The van der Waals surface area contributed by atoms with E-state index in [4.69, 9.17) is 24.9 Å². The molecule has 0 aliphatic heterocycles. The first-order valence-electron chi connectivity index (χ1n) is 35.3. The summed E-state index contributed by atoms with van der Waals surface area (Å²) in [5, 5.41) is 0. The third-order valence-electron chi connectivity index (χ3n) is 17.4. The van der Waals surface area contributed by atoms with Gasteiger partial charge in [0.1, 0.15) is 5.82 Å².